The Bertz CT molecular complexity index is 697. The molecule has 124 valence electrons. The number of ether oxygens (including phenoxy) is 2. The van der Waals surface area contributed by atoms with Gasteiger partial charge in [-0.3, -0.25) is 0 Å². The summed E-state index contributed by atoms with van der Waals surface area (Å²) < 4.78 is 11.0. The van der Waals surface area contributed by atoms with E-state index in [0.29, 0.717) is 12.4 Å². The van der Waals surface area contributed by atoms with Crippen LogP contribution in [0.15, 0.2) is 77.4 Å². The Morgan fingerprint density at radius 3 is 2.46 bits per heavy atom. The summed E-state index contributed by atoms with van der Waals surface area (Å²) in [5.41, 5.74) is 1.06. The van der Waals surface area contributed by atoms with E-state index < -0.39 is 5.97 Å². The second-order valence-electron chi connectivity index (χ2n) is 5.48. The lowest BCUT2D eigenvalue weighted by Crippen LogP contribution is -2.23. The SMILES string of the molecule is CCOC(=O)C1=C[C@H](c2ccccc2)C[C@H](Sc2ccccc2)O1. The van der Waals surface area contributed by atoms with Crippen LogP contribution in [0, 0.1) is 0 Å². The first-order chi connectivity index (χ1) is 11.8. The number of hydrogen-bond acceptors (Lipinski definition) is 4. The van der Waals surface area contributed by atoms with E-state index in [4.69, 9.17) is 9.47 Å². The number of carbonyl (C=O) groups excluding carboxylic acids is 1. The molecule has 0 bridgehead atoms. The minimum Gasteiger partial charge on any atom is -0.472 e. The Morgan fingerprint density at radius 2 is 1.79 bits per heavy atom. The molecule has 0 unspecified atom stereocenters. The normalized spacial score (nSPS) is 20.0. The summed E-state index contributed by atoms with van der Waals surface area (Å²) in [6.45, 7) is 2.14. The van der Waals surface area contributed by atoms with Crippen LogP contribution in [0.1, 0.15) is 24.8 Å². The third-order valence-corrected chi connectivity index (χ3v) is 4.87. The van der Waals surface area contributed by atoms with Crippen LogP contribution in [-0.2, 0) is 14.3 Å². The fourth-order valence-corrected chi connectivity index (χ4v) is 3.73. The second kappa shape index (κ2) is 8.06. The maximum absolute atomic E-state index is 12.1. The van der Waals surface area contributed by atoms with Gasteiger partial charge in [0, 0.05) is 17.2 Å². The van der Waals surface area contributed by atoms with E-state index in [2.05, 4.69) is 12.1 Å². The third kappa shape index (κ3) is 4.20. The first-order valence-corrected chi connectivity index (χ1v) is 8.96. The van der Waals surface area contributed by atoms with Crippen LogP contribution in [-0.4, -0.2) is 18.0 Å². The van der Waals surface area contributed by atoms with Crippen molar-refractivity contribution in [3.05, 3.63) is 78.1 Å². The summed E-state index contributed by atoms with van der Waals surface area (Å²) in [4.78, 5) is 13.3. The topological polar surface area (TPSA) is 35.5 Å². The van der Waals surface area contributed by atoms with Gasteiger partial charge in [-0.25, -0.2) is 4.79 Å². The summed E-state index contributed by atoms with van der Waals surface area (Å²) in [7, 11) is 0. The lowest BCUT2D eigenvalue weighted by atomic mass is 9.94. The van der Waals surface area contributed by atoms with Gasteiger partial charge in [0.15, 0.2) is 0 Å². The van der Waals surface area contributed by atoms with Gasteiger partial charge in [0.25, 0.3) is 0 Å². The molecule has 4 heteroatoms. The van der Waals surface area contributed by atoms with E-state index in [1.165, 1.54) is 5.56 Å². The van der Waals surface area contributed by atoms with Crippen molar-refractivity contribution in [2.24, 2.45) is 0 Å². The van der Waals surface area contributed by atoms with Crippen molar-refractivity contribution >= 4 is 17.7 Å². The lowest BCUT2D eigenvalue weighted by Gasteiger charge is -2.28. The molecule has 1 aliphatic rings. The highest BCUT2D eigenvalue weighted by molar-refractivity contribution is 7.99. The number of rotatable bonds is 5. The molecule has 0 aliphatic carbocycles. The van der Waals surface area contributed by atoms with Crippen LogP contribution in [0.3, 0.4) is 0 Å². The van der Waals surface area contributed by atoms with E-state index in [-0.39, 0.29) is 11.4 Å². The summed E-state index contributed by atoms with van der Waals surface area (Å²) in [6, 6.07) is 20.3. The van der Waals surface area contributed by atoms with Crippen LogP contribution < -0.4 is 0 Å². The van der Waals surface area contributed by atoms with Gasteiger partial charge in [-0.2, -0.15) is 0 Å². The van der Waals surface area contributed by atoms with Crippen LogP contribution in [0.25, 0.3) is 0 Å². The van der Waals surface area contributed by atoms with E-state index in [9.17, 15) is 4.79 Å². The first kappa shape index (κ1) is 16.7. The van der Waals surface area contributed by atoms with E-state index >= 15 is 0 Å². The summed E-state index contributed by atoms with van der Waals surface area (Å²) >= 11 is 1.63. The number of benzene rings is 2. The van der Waals surface area contributed by atoms with Gasteiger partial charge in [0.2, 0.25) is 5.76 Å². The van der Waals surface area contributed by atoms with Gasteiger partial charge in [0.1, 0.15) is 5.44 Å². The summed E-state index contributed by atoms with van der Waals surface area (Å²) in [5, 5.41) is 0. The molecule has 0 radical (unpaired) electrons. The first-order valence-electron chi connectivity index (χ1n) is 8.08. The zero-order chi connectivity index (χ0) is 16.8. The van der Waals surface area contributed by atoms with Crippen molar-refractivity contribution < 1.29 is 14.3 Å². The molecule has 1 heterocycles. The van der Waals surface area contributed by atoms with E-state index in [0.717, 1.165) is 11.3 Å². The highest BCUT2D eigenvalue weighted by Crippen LogP contribution is 2.38. The predicted octanol–water partition coefficient (Wildman–Crippen LogP) is 4.76. The van der Waals surface area contributed by atoms with Crippen LogP contribution in [0.5, 0.6) is 0 Å². The maximum atomic E-state index is 12.1. The van der Waals surface area contributed by atoms with Crippen LogP contribution >= 0.6 is 11.8 Å². The minimum atomic E-state index is -0.392. The van der Waals surface area contributed by atoms with Crippen molar-refractivity contribution in [2.75, 3.05) is 6.61 Å². The molecule has 3 rings (SSSR count). The monoisotopic (exact) mass is 340 g/mol. The molecule has 3 nitrogen and oxygen atoms in total. The molecule has 0 amide bonds. The van der Waals surface area contributed by atoms with E-state index in [1.807, 2.05) is 54.6 Å². The van der Waals surface area contributed by atoms with Crippen molar-refractivity contribution in [3.8, 4) is 0 Å². The molecule has 24 heavy (non-hydrogen) atoms. The van der Waals surface area contributed by atoms with Crippen molar-refractivity contribution in [1.29, 1.82) is 0 Å². The van der Waals surface area contributed by atoms with Gasteiger partial charge in [-0.1, -0.05) is 60.3 Å². The van der Waals surface area contributed by atoms with Gasteiger partial charge < -0.3 is 9.47 Å². The van der Waals surface area contributed by atoms with Crippen molar-refractivity contribution in [1.82, 2.24) is 0 Å². The number of hydrogen-bond donors (Lipinski definition) is 0. The molecule has 0 aromatic heterocycles. The average molecular weight is 340 g/mol. The Morgan fingerprint density at radius 1 is 1.12 bits per heavy atom. The third-order valence-electron chi connectivity index (χ3n) is 3.77. The number of allylic oxidation sites excluding steroid dienone is 1. The van der Waals surface area contributed by atoms with Gasteiger partial charge in [0.05, 0.1) is 6.61 Å². The molecule has 2 atom stereocenters. The van der Waals surface area contributed by atoms with Gasteiger partial charge in [-0.05, 0) is 30.7 Å². The average Bonchev–Trinajstić information content (AvgIpc) is 2.63. The van der Waals surface area contributed by atoms with E-state index in [1.54, 1.807) is 18.7 Å². The largest absolute Gasteiger partial charge is 0.472 e. The molecule has 0 fully saturated rings. The van der Waals surface area contributed by atoms with Crippen LogP contribution in [0.2, 0.25) is 0 Å². The van der Waals surface area contributed by atoms with Gasteiger partial charge >= 0.3 is 5.97 Å². The smallest absolute Gasteiger partial charge is 0.373 e. The quantitative estimate of drug-likeness (QED) is 0.736. The molecule has 2 aromatic rings. The minimum absolute atomic E-state index is 0.123. The molecular weight excluding hydrogens is 320 g/mol. The Labute approximate surface area is 146 Å². The maximum Gasteiger partial charge on any atom is 0.373 e. The van der Waals surface area contributed by atoms with Crippen LogP contribution in [0.4, 0.5) is 0 Å². The number of esters is 1. The number of carbonyl (C=O) groups is 1. The highest BCUT2D eigenvalue weighted by atomic mass is 32.2. The molecule has 2 aromatic carbocycles. The molecule has 0 saturated heterocycles. The zero-order valence-electron chi connectivity index (χ0n) is 13.6. The zero-order valence-corrected chi connectivity index (χ0v) is 14.4. The highest BCUT2D eigenvalue weighted by Gasteiger charge is 2.29. The Kier molecular flexibility index (Phi) is 5.59. The lowest BCUT2D eigenvalue weighted by molar-refractivity contribution is -0.143. The summed E-state index contributed by atoms with van der Waals surface area (Å²) in [5.74, 6) is 0.0581. The predicted molar refractivity (Wildman–Crippen MR) is 95.7 cm³/mol. The summed E-state index contributed by atoms with van der Waals surface area (Å²) in [6.07, 6.45) is 2.70. The van der Waals surface area contributed by atoms with Gasteiger partial charge in [-0.15, -0.1) is 0 Å². The molecule has 0 N–H and O–H groups in total. The molecular formula is C20H20O3S. The Hall–Kier alpha value is -2.20. The Balaban J connectivity index is 1.82. The fraction of sp³-hybridized carbons (Fsp3) is 0.250. The standard InChI is InChI=1S/C20H20O3S/c1-2-22-20(21)18-13-16(15-9-5-3-6-10-15)14-19(23-18)24-17-11-7-4-8-12-17/h3-13,16,19H,2,14H2,1H3/t16-,19-/m0/s1. The molecule has 0 spiro atoms. The second-order valence-corrected chi connectivity index (χ2v) is 6.72. The van der Waals surface area contributed by atoms with Crippen molar-refractivity contribution in [3.63, 3.8) is 0 Å². The molecule has 0 saturated carbocycles. The fourth-order valence-electron chi connectivity index (χ4n) is 2.66. The van der Waals surface area contributed by atoms with Crippen molar-refractivity contribution in [2.45, 2.75) is 29.6 Å². The number of thioether (sulfide) groups is 1. The molecule has 1 aliphatic heterocycles.